The van der Waals surface area contributed by atoms with E-state index in [-0.39, 0.29) is 5.91 Å². The molecule has 0 saturated heterocycles. The zero-order valence-electron chi connectivity index (χ0n) is 8.09. The minimum Gasteiger partial charge on any atom is -0.319 e. The quantitative estimate of drug-likeness (QED) is 0.852. The zero-order chi connectivity index (χ0) is 11.4. The first-order chi connectivity index (χ1) is 7.77. The minimum absolute atomic E-state index is 0.255. The molecule has 2 rings (SSSR count). The number of hydrogen-bond acceptors (Lipinski definition) is 4. The van der Waals surface area contributed by atoms with Gasteiger partial charge in [0.25, 0.3) is 5.91 Å². The molecule has 6 heteroatoms. The number of amides is 1. The molecule has 0 spiro atoms. The van der Waals surface area contributed by atoms with E-state index in [1.165, 1.54) is 18.7 Å². The Morgan fingerprint density at radius 2 is 2.06 bits per heavy atom. The highest BCUT2D eigenvalue weighted by molar-refractivity contribution is 9.10. The van der Waals surface area contributed by atoms with Crippen LogP contribution < -0.4 is 5.32 Å². The Labute approximate surface area is 100 Å². The molecule has 5 nitrogen and oxygen atoms in total. The Bertz CT molecular complexity index is 503. The molecular formula is C10H7BrN4O. The lowest BCUT2D eigenvalue weighted by atomic mass is 10.2. The number of aromatic nitrogens is 3. The summed E-state index contributed by atoms with van der Waals surface area (Å²) < 4.78 is 0.504. The Balaban J connectivity index is 2.19. The number of halogens is 1. The van der Waals surface area contributed by atoms with E-state index in [0.717, 1.165) is 0 Å². The summed E-state index contributed by atoms with van der Waals surface area (Å²) in [5.74, 6) is -0.255. The van der Waals surface area contributed by atoms with Crippen molar-refractivity contribution < 1.29 is 4.79 Å². The Morgan fingerprint density at radius 1 is 1.31 bits per heavy atom. The molecule has 1 N–H and O–H groups in total. The predicted octanol–water partition coefficient (Wildman–Crippen LogP) is 1.89. The van der Waals surface area contributed by atoms with Gasteiger partial charge in [-0.25, -0.2) is 15.0 Å². The lowest BCUT2D eigenvalue weighted by Crippen LogP contribution is -2.13. The minimum atomic E-state index is -0.255. The summed E-state index contributed by atoms with van der Waals surface area (Å²) in [6.45, 7) is 0. The molecule has 1 amide bonds. The van der Waals surface area contributed by atoms with Gasteiger partial charge in [-0.15, -0.1) is 0 Å². The first-order valence-corrected chi connectivity index (χ1v) is 5.23. The second-order valence-corrected chi connectivity index (χ2v) is 3.67. The molecule has 0 saturated carbocycles. The summed E-state index contributed by atoms with van der Waals surface area (Å²) in [7, 11) is 0. The van der Waals surface area contributed by atoms with E-state index in [1.54, 1.807) is 18.3 Å². The van der Waals surface area contributed by atoms with Crippen LogP contribution in [0.4, 0.5) is 5.69 Å². The lowest BCUT2D eigenvalue weighted by Gasteiger charge is -2.04. The van der Waals surface area contributed by atoms with Crippen LogP contribution in [0, 0.1) is 0 Å². The summed E-state index contributed by atoms with van der Waals surface area (Å²) in [6, 6.07) is 3.37. The molecule has 0 atom stereocenters. The van der Waals surface area contributed by atoms with Crippen molar-refractivity contribution in [2.24, 2.45) is 0 Å². The monoisotopic (exact) mass is 278 g/mol. The van der Waals surface area contributed by atoms with Gasteiger partial charge >= 0.3 is 0 Å². The Hall–Kier alpha value is -1.82. The number of rotatable bonds is 2. The molecule has 0 aliphatic rings. The average Bonchev–Trinajstić information content (AvgIpc) is 2.31. The van der Waals surface area contributed by atoms with E-state index in [2.05, 4.69) is 36.2 Å². The molecule has 16 heavy (non-hydrogen) atoms. The van der Waals surface area contributed by atoms with Crippen LogP contribution in [-0.2, 0) is 0 Å². The van der Waals surface area contributed by atoms with Gasteiger partial charge in [0.15, 0.2) is 0 Å². The molecule has 2 aromatic heterocycles. The van der Waals surface area contributed by atoms with Gasteiger partial charge in [0.05, 0.1) is 23.6 Å². The highest BCUT2D eigenvalue weighted by Gasteiger charge is 2.10. The molecule has 0 aliphatic carbocycles. The largest absolute Gasteiger partial charge is 0.319 e. The van der Waals surface area contributed by atoms with Gasteiger partial charge in [-0.1, -0.05) is 0 Å². The van der Waals surface area contributed by atoms with Gasteiger partial charge < -0.3 is 5.32 Å². The van der Waals surface area contributed by atoms with Crippen molar-refractivity contribution in [1.29, 1.82) is 0 Å². The smallest absolute Gasteiger partial charge is 0.258 e. The van der Waals surface area contributed by atoms with E-state index >= 15 is 0 Å². The van der Waals surface area contributed by atoms with Gasteiger partial charge in [-0.05, 0) is 28.1 Å². The Kier molecular flexibility index (Phi) is 3.21. The van der Waals surface area contributed by atoms with Crippen LogP contribution in [0.15, 0.2) is 41.7 Å². The van der Waals surface area contributed by atoms with Gasteiger partial charge in [0, 0.05) is 6.20 Å². The number of anilines is 1. The maximum atomic E-state index is 11.8. The molecule has 0 bridgehead atoms. The van der Waals surface area contributed by atoms with Crippen molar-refractivity contribution in [2.45, 2.75) is 0 Å². The SMILES string of the molecule is O=C(Nc1cncnc1)c1cccnc1Br. The molecule has 2 aromatic rings. The van der Waals surface area contributed by atoms with Crippen molar-refractivity contribution >= 4 is 27.5 Å². The van der Waals surface area contributed by atoms with Crippen LogP contribution >= 0.6 is 15.9 Å². The van der Waals surface area contributed by atoms with E-state index < -0.39 is 0 Å². The third kappa shape index (κ3) is 2.40. The van der Waals surface area contributed by atoms with Crippen LogP contribution in [-0.4, -0.2) is 20.9 Å². The molecule has 0 radical (unpaired) electrons. The van der Waals surface area contributed by atoms with Crippen molar-refractivity contribution in [2.75, 3.05) is 5.32 Å². The van der Waals surface area contributed by atoms with E-state index in [4.69, 9.17) is 0 Å². The molecule has 2 heterocycles. The second kappa shape index (κ2) is 4.80. The maximum absolute atomic E-state index is 11.8. The molecule has 80 valence electrons. The molecule has 0 unspecified atom stereocenters. The summed E-state index contributed by atoms with van der Waals surface area (Å²) in [5, 5.41) is 2.67. The molecule has 0 aliphatic heterocycles. The normalized spacial score (nSPS) is 9.81. The summed E-state index contributed by atoms with van der Waals surface area (Å²) in [4.78, 5) is 23.4. The fraction of sp³-hybridized carbons (Fsp3) is 0. The fourth-order valence-corrected chi connectivity index (χ4v) is 1.55. The van der Waals surface area contributed by atoms with Gasteiger partial charge in [0.1, 0.15) is 10.9 Å². The topological polar surface area (TPSA) is 67.8 Å². The van der Waals surface area contributed by atoms with Crippen LogP contribution in [0.25, 0.3) is 0 Å². The van der Waals surface area contributed by atoms with Crippen molar-refractivity contribution in [3.05, 3.63) is 47.2 Å². The number of nitrogens with one attached hydrogen (secondary N) is 1. The highest BCUT2D eigenvalue weighted by atomic mass is 79.9. The van der Waals surface area contributed by atoms with Crippen LogP contribution in [0.5, 0.6) is 0 Å². The first-order valence-electron chi connectivity index (χ1n) is 4.44. The van der Waals surface area contributed by atoms with Gasteiger partial charge in [-0.2, -0.15) is 0 Å². The summed E-state index contributed by atoms with van der Waals surface area (Å²) >= 11 is 3.21. The van der Waals surface area contributed by atoms with E-state index in [0.29, 0.717) is 15.9 Å². The molecule has 0 aromatic carbocycles. The van der Waals surface area contributed by atoms with E-state index in [9.17, 15) is 4.79 Å². The third-order valence-corrected chi connectivity index (χ3v) is 2.45. The second-order valence-electron chi connectivity index (χ2n) is 2.92. The lowest BCUT2D eigenvalue weighted by molar-refractivity contribution is 0.102. The maximum Gasteiger partial charge on any atom is 0.258 e. The number of carbonyl (C=O) groups excluding carboxylic acids is 1. The molecule has 0 fully saturated rings. The number of pyridine rings is 1. The standard InChI is InChI=1S/C10H7BrN4O/c11-9-8(2-1-3-14-9)10(16)15-7-4-12-6-13-5-7/h1-6H,(H,15,16). The Morgan fingerprint density at radius 3 is 2.75 bits per heavy atom. The summed E-state index contributed by atoms with van der Waals surface area (Å²) in [5.41, 5.74) is 1.01. The highest BCUT2D eigenvalue weighted by Crippen LogP contribution is 2.14. The molecular weight excluding hydrogens is 272 g/mol. The van der Waals surface area contributed by atoms with Crippen molar-refractivity contribution in [3.63, 3.8) is 0 Å². The third-order valence-electron chi connectivity index (χ3n) is 1.82. The van der Waals surface area contributed by atoms with Crippen LogP contribution in [0.3, 0.4) is 0 Å². The van der Waals surface area contributed by atoms with Crippen molar-refractivity contribution in [1.82, 2.24) is 15.0 Å². The van der Waals surface area contributed by atoms with Crippen LogP contribution in [0.1, 0.15) is 10.4 Å². The average molecular weight is 279 g/mol. The van der Waals surface area contributed by atoms with Gasteiger partial charge in [-0.3, -0.25) is 4.79 Å². The van der Waals surface area contributed by atoms with Gasteiger partial charge in [0.2, 0.25) is 0 Å². The number of hydrogen-bond donors (Lipinski definition) is 1. The summed E-state index contributed by atoms with van der Waals surface area (Å²) in [6.07, 6.45) is 6.05. The van der Waals surface area contributed by atoms with Crippen LogP contribution in [0.2, 0.25) is 0 Å². The number of nitrogens with zero attached hydrogens (tertiary/aromatic N) is 3. The number of carbonyl (C=O) groups is 1. The van der Waals surface area contributed by atoms with Crippen molar-refractivity contribution in [3.8, 4) is 0 Å². The fourth-order valence-electron chi connectivity index (χ4n) is 1.12. The van der Waals surface area contributed by atoms with E-state index in [1.807, 2.05) is 0 Å². The zero-order valence-corrected chi connectivity index (χ0v) is 9.68. The first kappa shape index (κ1) is 10.7. The predicted molar refractivity (Wildman–Crippen MR) is 61.9 cm³/mol.